The van der Waals surface area contributed by atoms with E-state index in [1.54, 1.807) is 12.3 Å². The minimum atomic E-state index is -0.786. The summed E-state index contributed by atoms with van der Waals surface area (Å²) in [4.78, 5) is 39.8. The van der Waals surface area contributed by atoms with Gasteiger partial charge in [-0.1, -0.05) is 6.07 Å². The van der Waals surface area contributed by atoms with E-state index in [0.29, 0.717) is 31.7 Å². The van der Waals surface area contributed by atoms with Crippen molar-refractivity contribution in [2.75, 3.05) is 18.0 Å². The van der Waals surface area contributed by atoms with Crippen molar-refractivity contribution in [3.8, 4) is 0 Å². The number of aromatic nitrogens is 1. The molecule has 1 aromatic rings. The molecule has 0 bridgehead atoms. The van der Waals surface area contributed by atoms with Crippen molar-refractivity contribution in [1.29, 1.82) is 0 Å². The van der Waals surface area contributed by atoms with Gasteiger partial charge in [0.1, 0.15) is 5.82 Å². The number of carbonyl (C=O) groups is 3. The predicted molar refractivity (Wildman–Crippen MR) is 72.7 cm³/mol. The lowest BCUT2D eigenvalue weighted by atomic mass is 9.91. The fourth-order valence-corrected chi connectivity index (χ4v) is 2.62. The topological polar surface area (TPSA) is 99.6 Å². The highest BCUT2D eigenvalue weighted by Crippen LogP contribution is 2.27. The van der Waals surface area contributed by atoms with E-state index in [1.807, 2.05) is 11.0 Å². The van der Waals surface area contributed by atoms with E-state index >= 15 is 0 Å². The second-order valence-electron chi connectivity index (χ2n) is 5.39. The number of anilines is 1. The van der Waals surface area contributed by atoms with Crippen LogP contribution in [0.2, 0.25) is 0 Å². The number of hydrogen-bond acceptors (Lipinski definition) is 5. The van der Waals surface area contributed by atoms with Crippen molar-refractivity contribution >= 4 is 23.6 Å². The second-order valence-corrected chi connectivity index (χ2v) is 5.39. The highest BCUT2D eigenvalue weighted by molar-refractivity contribution is 6.00. The van der Waals surface area contributed by atoms with Crippen molar-refractivity contribution < 1.29 is 19.5 Å². The first kappa shape index (κ1) is 13.5. The number of aliphatic carboxylic acids is 1. The Morgan fingerprint density at radius 2 is 2.10 bits per heavy atom. The Bertz CT molecular complexity index is 593. The molecule has 21 heavy (non-hydrogen) atoms. The third-order valence-electron chi connectivity index (χ3n) is 3.97. The van der Waals surface area contributed by atoms with Crippen LogP contribution in [0.3, 0.4) is 0 Å². The van der Waals surface area contributed by atoms with Gasteiger partial charge in [-0.25, -0.2) is 4.98 Å². The molecule has 1 aromatic heterocycles. The zero-order valence-corrected chi connectivity index (χ0v) is 11.3. The molecule has 0 radical (unpaired) electrons. The van der Waals surface area contributed by atoms with Crippen molar-refractivity contribution in [3.05, 3.63) is 23.9 Å². The SMILES string of the molecule is O=C1CC[C@@H](c2ccc(N3CC(C(=O)O)C3)nc2)C(=O)N1. The van der Waals surface area contributed by atoms with Gasteiger partial charge in [-0.3, -0.25) is 19.7 Å². The van der Waals surface area contributed by atoms with Gasteiger partial charge in [-0.05, 0) is 18.1 Å². The highest BCUT2D eigenvalue weighted by Gasteiger charge is 2.33. The molecule has 2 aliphatic rings. The summed E-state index contributed by atoms with van der Waals surface area (Å²) >= 11 is 0. The fraction of sp³-hybridized carbons (Fsp3) is 0.429. The lowest BCUT2D eigenvalue weighted by Crippen LogP contribution is -2.50. The third kappa shape index (κ3) is 2.58. The van der Waals surface area contributed by atoms with Crippen molar-refractivity contribution in [1.82, 2.24) is 10.3 Å². The van der Waals surface area contributed by atoms with E-state index in [2.05, 4.69) is 10.3 Å². The van der Waals surface area contributed by atoms with E-state index in [9.17, 15) is 14.4 Å². The summed E-state index contributed by atoms with van der Waals surface area (Å²) in [6.45, 7) is 0.917. The summed E-state index contributed by atoms with van der Waals surface area (Å²) in [6, 6.07) is 3.60. The molecule has 2 fully saturated rings. The van der Waals surface area contributed by atoms with Gasteiger partial charge in [-0.15, -0.1) is 0 Å². The first-order chi connectivity index (χ1) is 10.0. The Morgan fingerprint density at radius 3 is 2.67 bits per heavy atom. The normalized spacial score (nSPS) is 22.7. The van der Waals surface area contributed by atoms with Crippen LogP contribution in [0.1, 0.15) is 24.3 Å². The Hall–Kier alpha value is -2.44. The summed E-state index contributed by atoms with van der Waals surface area (Å²) in [5, 5.41) is 11.2. The van der Waals surface area contributed by atoms with Crippen molar-refractivity contribution in [3.63, 3.8) is 0 Å². The summed E-state index contributed by atoms with van der Waals surface area (Å²) in [7, 11) is 0. The largest absolute Gasteiger partial charge is 0.481 e. The molecular formula is C14H15N3O4. The zero-order chi connectivity index (χ0) is 15.0. The van der Waals surface area contributed by atoms with Gasteiger partial charge in [-0.2, -0.15) is 0 Å². The molecule has 0 unspecified atom stereocenters. The van der Waals surface area contributed by atoms with Gasteiger partial charge in [0, 0.05) is 25.7 Å². The number of pyridine rings is 1. The Kier molecular flexibility index (Phi) is 3.32. The van der Waals surface area contributed by atoms with Crippen LogP contribution in [-0.4, -0.2) is 41.0 Å². The van der Waals surface area contributed by atoms with Gasteiger partial charge in [0.2, 0.25) is 11.8 Å². The van der Waals surface area contributed by atoms with E-state index in [1.165, 1.54) is 0 Å². The van der Waals surface area contributed by atoms with Crippen molar-refractivity contribution in [2.24, 2.45) is 5.92 Å². The van der Waals surface area contributed by atoms with Gasteiger partial charge in [0.15, 0.2) is 0 Å². The Morgan fingerprint density at radius 1 is 1.33 bits per heavy atom. The molecule has 7 nitrogen and oxygen atoms in total. The summed E-state index contributed by atoms with van der Waals surface area (Å²) in [6.07, 6.45) is 2.46. The number of carboxylic acids is 1. The van der Waals surface area contributed by atoms with E-state index in [-0.39, 0.29) is 23.7 Å². The number of nitrogens with one attached hydrogen (secondary N) is 1. The summed E-state index contributed by atoms with van der Waals surface area (Å²) < 4.78 is 0. The first-order valence-electron chi connectivity index (χ1n) is 6.82. The Balaban J connectivity index is 1.66. The minimum Gasteiger partial charge on any atom is -0.481 e. The molecule has 110 valence electrons. The average Bonchev–Trinajstić information content (AvgIpc) is 2.38. The van der Waals surface area contributed by atoms with E-state index in [4.69, 9.17) is 5.11 Å². The molecule has 7 heteroatoms. The fourth-order valence-electron chi connectivity index (χ4n) is 2.62. The molecular weight excluding hydrogens is 274 g/mol. The number of amides is 2. The summed E-state index contributed by atoms with van der Waals surface area (Å²) in [5.41, 5.74) is 0.777. The van der Waals surface area contributed by atoms with E-state index < -0.39 is 5.97 Å². The van der Waals surface area contributed by atoms with Crippen LogP contribution in [0.15, 0.2) is 18.3 Å². The number of rotatable bonds is 3. The number of hydrogen-bond donors (Lipinski definition) is 2. The first-order valence-corrected chi connectivity index (χ1v) is 6.82. The number of carbonyl (C=O) groups excluding carboxylic acids is 2. The molecule has 3 rings (SSSR count). The maximum Gasteiger partial charge on any atom is 0.310 e. The van der Waals surface area contributed by atoms with Crippen LogP contribution in [0, 0.1) is 5.92 Å². The standard InChI is InChI=1S/C14H15N3O4/c18-12-4-2-10(13(19)16-12)8-1-3-11(15-5-8)17-6-9(7-17)14(20)21/h1,3,5,9-10H,2,4,6-7H2,(H,20,21)(H,16,18,19)/t10-/m0/s1. The molecule has 0 saturated carbocycles. The smallest absolute Gasteiger partial charge is 0.310 e. The number of piperidine rings is 1. The molecule has 0 aliphatic carbocycles. The number of carboxylic acid groups (broad SMARTS) is 1. The van der Waals surface area contributed by atoms with Crippen LogP contribution in [0.4, 0.5) is 5.82 Å². The molecule has 3 heterocycles. The molecule has 0 spiro atoms. The maximum atomic E-state index is 11.8. The van der Waals surface area contributed by atoms with Crippen LogP contribution in [-0.2, 0) is 14.4 Å². The summed E-state index contributed by atoms with van der Waals surface area (Å²) in [5.74, 6) is -1.26. The van der Waals surface area contributed by atoms with Gasteiger partial charge in [0.05, 0.1) is 11.8 Å². The molecule has 2 saturated heterocycles. The molecule has 1 atom stereocenters. The van der Waals surface area contributed by atoms with Gasteiger partial charge in [0.25, 0.3) is 0 Å². The number of imide groups is 1. The lowest BCUT2D eigenvalue weighted by Gasteiger charge is -2.37. The molecule has 0 aromatic carbocycles. The predicted octanol–water partition coefficient (Wildman–Crippen LogP) is 0.123. The Labute approximate surface area is 121 Å². The average molecular weight is 289 g/mol. The van der Waals surface area contributed by atoms with Crippen LogP contribution in [0.25, 0.3) is 0 Å². The lowest BCUT2D eigenvalue weighted by molar-refractivity contribution is -0.142. The molecule has 2 aliphatic heterocycles. The second kappa shape index (κ2) is 5.16. The highest BCUT2D eigenvalue weighted by atomic mass is 16.4. The number of nitrogens with zero attached hydrogens (tertiary/aromatic N) is 2. The van der Waals surface area contributed by atoms with Crippen LogP contribution < -0.4 is 10.2 Å². The zero-order valence-electron chi connectivity index (χ0n) is 11.3. The van der Waals surface area contributed by atoms with Crippen LogP contribution in [0.5, 0.6) is 0 Å². The molecule has 2 N–H and O–H groups in total. The van der Waals surface area contributed by atoms with E-state index in [0.717, 1.165) is 5.56 Å². The van der Waals surface area contributed by atoms with Gasteiger partial charge >= 0.3 is 5.97 Å². The van der Waals surface area contributed by atoms with Crippen molar-refractivity contribution in [2.45, 2.75) is 18.8 Å². The van der Waals surface area contributed by atoms with Gasteiger partial charge < -0.3 is 10.0 Å². The minimum absolute atomic E-state index is 0.235. The quantitative estimate of drug-likeness (QED) is 0.767. The maximum absolute atomic E-state index is 11.8. The molecule has 2 amide bonds. The third-order valence-corrected chi connectivity index (χ3v) is 3.97. The van der Waals surface area contributed by atoms with Crippen LogP contribution >= 0.6 is 0 Å². The monoisotopic (exact) mass is 289 g/mol.